The highest BCUT2D eigenvalue weighted by molar-refractivity contribution is 6.35. The third-order valence-corrected chi connectivity index (χ3v) is 5.84. The van der Waals surface area contributed by atoms with Crippen molar-refractivity contribution in [1.29, 1.82) is 0 Å². The minimum atomic E-state index is -0.794. The van der Waals surface area contributed by atoms with Gasteiger partial charge in [-0.15, -0.1) is 0 Å². The van der Waals surface area contributed by atoms with Gasteiger partial charge in [0, 0.05) is 31.8 Å². The maximum absolute atomic E-state index is 12.7. The van der Waals surface area contributed by atoms with Gasteiger partial charge in [-0.25, -0.2) is 5.43 Å². The summed E-state index contributed by atoms with van der Waals surface area (Å²) >= 11 is 18.1. The van der Waals surface area contributed by atoms with Crippen LogP contribution < -0.4 is 15.5 Å². The predicted octanol–water partition coefficient (Wildman–Crippen LogP) is 6.13. The van der Waals surface area contributed by atoms with Crippen LogP contribution in [0, 0.1) is 5.92 Å². The molecule has 35 heavy (non-hydrogen) atoms. The Hall–Kier alpha value is -3.06. The second-order valence-corrected chi connectivity index (χ2v) is 9.28. The number of hydrazone groups is 1. The zero-order valence-electron chi connectivity index (χ0n) is 19.1. The average Bonchev–Trinajstić information content (AvgIpc) is 2.82. The van der Waals surface area contributed by atoms with Gasteiger partial charge in [0.1, 0.15) is 18.4 Å². The maximum Gasteiger partial charge on any atom is 0.262 e. The largest absolute Gasteiger partial charge is 0.488 e. The van der Waals surface area contributed by atoms with Crippen LogP contribution in [0.4, 0.5) is 0 Å². The summed E-state index contributed by atoms with van der Waals surface area (Å²) in [7, 11) is 0. The van der Waals surface area contributed by atoms with Crippen molar-refractivity contribution in [3.8, 4) is 5.75 Å². The van der Waals surface area contributed by atoms with Crippen LogP contribution in [0.15, 0.2) is 71.8 Å². The molecule has 0 saturated carbocycles. The lowest BCUT2D eigenvalue weighted by atomic mass is 10.0. The van der Waals surface area contributed by atoms with Crippen LogP contribution in [0.5, 0.6) is 5.75 Å². The number of rotatable bonds is 9. The van der Waals surface area contributed by atoms with Crippen molar-refractivity contribution in [2.45, 2.75) is 26.5 Å². The van der Waals surface area contributed by atoms with E-state index >= 15 is 0 Å². The van der Waals surface area contributed by atoms with Crippen LogP contribution in [0.1, 0.15) is 35.3 Å². The molecule has 0 saturated heterocycles. The van der Waals surface area contributed by atoms with E-state index in [-0.39, 0.29) is 12.5 Å². The van der Waals surface area contributed by atoms with Crippen LogP contribution in [0.25, 0.3) is 0 Å². The van der Waals surface area contributed by atoms with E-state index in [4.69, 9.17) is 39.5 Å². The molecule has 2 N–H and O–H groups in total. The molecular weight excluding hydrogens is 509 g/mol. The summed E-state index contributed by atoms with van der Waals surface area (Å²) in [5, 5.41) is 8.29. The van der Waals surface area contributed by atoms with Crippen LogP contribution in [-0.4, -0.2) is 24.1 Å². The topological polar surface area (TPSA) is 79.8 Å². The minimum absolute atomic E-state index is 0.173. The van der Waals surface area contributed by atoms with Gasteiger partial charge in [-0.3, -0.25) is 9.59 Å². The van der Waals surface area contributed by atoms with E-state index in [9.17, 15) is 9.59 Å². The molecule has 0 spiro atoms. The summed E-state index contributed by atoms with van der Waals surface area (Å²) in [6.07, 6.45) is 1.48. The molecule has 182 valence electrons. The first-order valence-electron chi connectivity index (χ1n) is 10.8. The number of amides is 2. The van der Waals surface area contributed by atoms with E-state index in [0.29, 0.717) is 31.9 Å². The highest BCUT2D eigenvalue weighted by atomic mass is 35.5. The quantitative estimate of drug-likeness (QED) is 0.257. The Balaban J connectivity index is 1.64. The van der Waals surface area contributed by atoms with Crippen molar-refractivity contribution in [2.24, 2.45) is 11.0 Å². The lowest BCUT2D eigenvalue weighted by Gasteiger charge is -2.20. The van der Waals surface area contributed by atoms with Gasteiger partial charge in [-0.05, 0) is 48.4 Å². The van der Waals surface area contributed by atoms with E-state index < -0.39 is 17.9 Å². The van der Waals surface area contributed by atoms with Crippen molar-refractivity contribution in [3.63, 3.8) is 0 Å². The number of hydrogen-bond acceptors (Lipinski definition) is 4. The average molecular weight is 533 g/mol. The number of carbonyl (C=O) groups excluding carboxylic acids is 2. The van der Waals surface area contributed by atoms with Crippen molar-refractivity contribution in [2.75, 3.05) is 0 Å². The SMILES string of the molecule is CC(C)C(NC(=O)c1cccc(Cl)c1)C(=O)N/N=C/c1ccccc1OCc1ccc(Cl)cc1Cl. The number of ether oxygens (including phenoxy) is 1. The minimum Gasteiger partial charge on any atom is -0.488 e. The second-order valence-electron chi connectivity index (χ2n) is 8.00. The molecule has 6 nitrogen and oxygen atoms in total. The third-order valence-electron chi connectivity index (χ3n) is 5.02. The zero-order chi connectivity index (χ0) is 25.4. The van der Waals surface area contributed by atoms with Crippen molar-refractivity contribution < 1.29 is 14.3 Å². The summed E-state index contributed by atoms with van der Waals surface area (Å²) in [6, 6.07) is 18.2. The predicted molar refractivity (Wildman–Crippen MR) is 141 cm³/mol. The summed E-state index contributed by atoms with van der Waals surface area (Å²) in [6.45, 7) is 3.90. The lowest BCUT2D eigenvalue weighted by Crippen LogP contribution is -2.48. The number of nitrogens with zero attached hydrogens (tertiary/aromatic N) is 1. The fourth-order valence-corrected chi connectivity index (χ4v) is 3.79. The molecular formula is C26H24Cl3N3O3. The molecule has 0 aliphatic carbocycles. The Bertz CT molecular complexity index is 1230. The Kier molecular flexibility index (Phi) is 9.55. The number of para-hydroxylation sites is 1. The Morgan fingerprint density at radius 2 is 1.71 bits per heavy atom. The highest BCUT2D eigenvalue weighted by Gasteiger charge is 2.24. The first kappa shape index (κ1) is 26.5. The van der Waals surface area contributed by atoms with Gasteiger partial charge in [-0.2, -0.15) is 5.10 Å². The number of halogens is 3. The van der Waals surface area contributed by atoms with E-state index in [2.05, 4.69) is 15.8 Å². The second kappa shape index (κ2) is 12.6. The highest BCUT2D eigenvalue weighted by Crippen LogP contribution is 2.24. The fraction of sp³-hybridized carbons (Fsp3) is 0.192. The lowest BCUT2D eigenvalue weighted by molar-refractivity contribution is -0.123. The fourth-order valence-electron chi connectivity index (χ4n) is 3.14. The standard InChI is InChI=1S/C26H24Cl3N3O3/c1-16(2)24(31-25(33)17-7-5-8-20(27)12-17)26(34)32-30-14-18-6-3-4-9-23(18)35-15-19-10-11-21(28)13-22(19)29/h3-14,16,24H,15H2,1-2H3,(H,31,33)(H,32,34)/b30-14+. The molecule has 1 atom stereocenters. The van der Waals surface area contributed by atoms with Crippen LogP contribution in [-0.2, 0) is 11.4 Å². The molecule has 0 radical (unpaired) electrons. The number of hydrogen-bond donors (Lipinski definition) is 2. The normalized spacial score (nSPS) is 11.9. The summed E-state index contributed by atoms with van der Waals surface area (Å²) < 4.78 is 5.90. The van der Waals surface area contributed by atoms with Gasteiger partial charge in [0.05, 0.1) is 6.21 Å². The summed E-state index contributed by atoms with van der Waals surface area (Å²) in [5.74, 6) is -0.456. The molecule has 0 heterocycles. The molecule has 0 bridgehead atoms. The van der Waals surface area contributed by atoms with Crippen LogP contribution in [0.3, 0.4) is 0 Å². The first-order valence-corrected chi connectivity index (χ1v) is 11.9. The van der Waals surface area contributed by atoms with Gasteiger partial charge < -0.3 is 10.1 Å². The van der Waals surface area contributed by atoms with Gasteiger partial charge in [0.25, 0.3) is 11.8 Å². The van der Waals surface area contributed by atoms with Gasteiger partial charge in [-0.1, -0.05) is 72.9 Å². The van der Waals surface area contributed by atoms with E-state index in [1.807, 2.05) is 26.0 Å². The Morgan fingerprint density at radius 1 is 0.971 bits per heavy atom. The maximum atomic E-state index is 12.7. The Labute approximate surface area is 219 Å². The first-order chi connectivity index (χ1) is 16.7. The molecule has 0 aliphatic heterocycles. The van der Waals surface area contributed by atoms with Crippen molar-refractivity contribution >= 4 is 52.8 Å². The molecule has 3 aromatic rings. The number of carbonyl (C=O) groups is 2. The summed E-state index contributed by atoms with van der Waals surface area (Å²) in [5.41, 5.74) is 4.30. The Morgan fingerprint density at radius 3 is 2.43 bits per heavy atom. The molecule has 9 heteroatoms. The molecule has 3 rings (SSSR count). The smallest absolute Gasteiger partial charge is 0.262 e. The number of benzene rings is 3. The molecule has 2 amide bonds. The molecule has 1 unspecified atom stereocenters. The van der Waals surface area contributed by atoms with E-state index in [1.165, 1.54) is 6.21 Å². The zero-order valence-corrected chi connectivity index (χ0v) is 21.4. The van der Waals surface area contributed by atoms with Crippen LogP contribution >= 0.6 is 34.8 Å². The van der Waals surface area contributed by atoms with Gasteiger partial charge in [0.2, 0.25) is 0 Å². The van der Waals surface area contributed by atoms with E-state index in [1.54, 1.807) is 54.6 Å². The van der Waals surface area contributed by atoms with Crippen LogP contribution in [0.2, 0.25) is 15.1 Å². The monoisotopic (exact) mass is 531 g/mol. The van der Waals surface area contributed by atoms with Gasteiger partial charge >= 0.3 is 0 Å². The molecule has 0 aliphatic rings. The van der Waals surface area contributed by atoms with Crippen molar-refractivity contribution in [1.82, 2.24) is 10.7 Å². The number of nitrogens with one attached hydrogen (secondary N) is 2. The molecule has 0 fully saturated rings. The van der Waals surface area contributed by atoms with Crippen molar-refractivity contribution in [3.05, 3.63) is 98.5 Å². The summed E-state index contributed by atoms with van der Waals surface area (Å²) in [4.78, 5) is 25.3. The van der Waals surface area contributed by atoms with Gasteiger partial charge in [0.15, 0.2) is 0 Å². The third kappa shape index (κ3) is 7.72. The molecule has 0 aromatic heterocycles. The van der Waals surface area contributed by atoms with E-state index in [0.717, 1.165) is 5.56 Å². The molecule has 3 aromatic carbocycles.